The minimum absolute atomic E-state index is 0.0694. The van der Waals surface area contributed by atoms with Crippen LogP contribution in [-0.2, 0) is 9.53 Å². The first-order valence-corrected chi connectivity index (χ1v) is 10.1. The van der Waals surface area contributed by atoms with Crippen LogP contribution in [0.5, 0.6) is 5.75 Å². The summed E-state index contributed by atoms with van der Waals surface area (Å²) in [6, 6.07) is 11.5. The maximum absolute atomic E-state index is 13.4. The first-order chi connectivity index (χ1) is 14.4. The van der Waals surface area contributed by atoms with E-state index in [2.05, 4.69) is 0 Å². The summed E-state index contributed by atoms with van der Waals surface area (Å²) in [5.41, 5.74) is 3.90. The number of carbonyl (C=O) groups excluding carboxylic acids is 1. The molecule has 1 amide bonds. The van der Waals surface area contributed by atoms with E-state index >= 15 is 0 Å². The number of hydrogen-bond donors (Lipinski definition) is 0. The first kappa shape index (κ1) is 20.2. The van der Waals surface area contributed by atoms with Crippen molar-refractivity contribution in [1.29, 1.82) is 0 Å². The SMILES string of the molecule is Cc1ccc(-c2oc3cc(C)cc(C)c3c(=O)c2OCC(=O)N2CCOCC2)cc1. The highest BCUT2D eigenvalue weighted by Gasteiger charge is 2.22. The van der Waals surface area contributed by atoms with Crippen molar-refractivity contribution in [2.75, 3.05) is 32.9 Å². The molecule has 30 heavy (non-hydrogen) atoms. The molecule has 0 spiro atoms. The molecule has 1 aliphatic rings. The lowest BCUT2D eigenvalue weighted by molar-refractivity contribution is -0.137. The van der Waals surface area contributed by atoms with Crippen LogP contribution < -0.4 is 10.2 Å². The van der Waals surface area contributed by atoms with Crippen LogP contribution in [0, 0.1) is 20.8 Å². The molecule has 156 valence electrons. The van der Waals surface area contributed by atoms with E-state index in [-0.39, 0.29) is 23.7 Å². The van der Waals surface area contributed by atoms with Crippen LogP contribution in [-0.4, -0.2) is 43.7 Å². The number of nitrogens with zero attached hydrogens (tertiary/aromatic N) is 1. The smallest absolute Gasteiger partial charge is 0.260 e. The molecule has 0 atom stereocenters. The summed E-state index contributed by atoms with van der Waals surface area (Å²) in [4.78, 5) is 27.6. The average molecular weight is 407 g/mol. The molecule has 0 aliphatic carbocycles. The number of benzene rings is 2. The Morgan fingerprint density at radius 3 is 2.43 bits per heavy atom. The van der Waals surface area contributed by atoms with E-state index in [4.69, 9.17) is 13.9 Å². The van der Waals surface area contributed by atoms with Crippen LogP contribution in [0.15, 0.2) is 45.6 Å². The van der Waals surface area contributed by atoms with Gasteiger partial charge in [-0.15, -0.1) is 0 Å². The van der Waals surface area contributed by atoms with E-state index < -0.39 is 0 Å². The maximum Gasteiger partial charge on any atom is 0.260 e. The largest absolute Gasteiger partial charge is 0.476 e. The lowest BCUT2D eigenvalue weighted by Gasteiger charge is -2.26. The summed E-state index contributed by atoms with van der Waals surface area (Å²) < 4.78 is 17.3. The van der Waals surface area contributed by atoms with Gasteiger partial charge in [0.15, 0.2) is 12.4 Å². The summed E-state index contributed by atoms with van der Waals surface area (Å²) in [5.74, 6) is 0.237. The molecule has 0 saturated carbocycles. The number of morpholine rings is 1. The van der Waals surface area contributed by atoms with Gasteiger partial charge in [-0.25, -0.2) is 0 Å². The molecule has 1 saturated heterocycles. The summed E-state index contributed by atoms with van der Waals surface area (Å²) >= 11 is 0. The van der Waals surface area contributed by atoms with Gasteiger partial charge >= 0.3 is 0 Å². The standard InChI is InChI=1S/C24H25NO5/c1-15-4-6-18(7-5-15)23-24(29-14-20(26)25-8-10-28-11-9-25)22(27)21-17(3)12-16(2)13-19(21)30-23/h4-7,12-13H,8-11,14H2,1-3H3. The second-order valence-corrected chi connectivity index (χ2v) is 7.69. The molecular weight excluding hydrogens is 382 g/mol. The second-order valence-electron chi connectivity index (χ2n) is 7.69. The van der Waals surface area contributed by atoms with Crippen molar-refractivity contribution >= 4 is 16.9 Å². The van der Waals surface area contributed by atoms with Crippen molar-refractivity contribution in [3.8, 4) is 17.1 Å². The molecule has 0 bridgehead atoms. The number of carbonyl (C=O) groups is 1. The Balaban J connectivity index is 1.78. The molecule has 6 nitrogen and oxygen atoms in total. The van der Waals surface area contributed by atoms with Gasteiger partial charge in [0, 0.05) is 18.7 Å². The van der Waals surface area contributed by atoms with Crippen LogP contribution in [0.1, 0.15) is 16.7 Å². The monoisotopic (exact) mass is 407 g/mol. The Kier molecular flexibility index (Phi) is 5.59. The maximum atomic E-state index is 13.4. The van der Waals surface area contributed by atoms with E-state index in [1.54, 1.807) is 4.90 Å². The summed E-state index contributed by atoms with van der Waals surface area (Å²) in [6.45, 7) is 7.68. The van der Waals surface area contributed by atoms with Gasteiger partial charge in [0.25, 0.3) is 5.91 Å². The molecule has 1 fully saturated rings. The van der Waals surface area contributed by atoms with Gasteiger partial charge in [-0.3, -0.25) is 9.59 Å². The highest BCUT2D eigenvalue weighted by Crippen LogP contribution is 2.32. The third-order valence-electron chi connectivity index (χ3n) is 5.31. The normalized spacial score (nSPS) is 14.2. The van der Waals surface area contributed by atoms with Gasteiger partial charge in [-0.05, 0) is 38.0 Å². The van der Waals surface area contributed by atoms with Crippen LogP contribution in [0.2, 0.25) is 0 Å². The van der Waals surface area contributed by atoms with Gasteiger partial charge in [0.05, 0.1) is 18.6 Å². The number of rotatable bonds is 4. The van der Waals surface area contributed by atoms with Crippen molar-refractivity contribution < 1.29 is 18.7 Å². The highest BCUT2D eigenvalue weighted by molar-refractivity contribution is 5.86. The molecule has 3 aromatic rings. The number of ether oxygens (including phenoxy) is 2. The van der Waals surface area contributed by atoms with Gasteiger partial charge in [0.1, 0.15) is 5.58 Å². The summed E-state index contributed by atoms with van der Waals surface area (Å²) in [7, 11) is 0. The number of hydrogen-bond acceptors (Lipinski definition) is 5. The van der Waals surface area contributed by atoms with E-state index in [9.17, 15) is 9.59 Å². The van der Waals surface area contributed by atoms with Gasteiger partial charge in [-0.2, -0.15) is 0 Å². The van der Waals surface area contributed by atoms with Crippen LogP contribution >= 0.6 is 0 Å². The van der Waals surface area contributed by atoms with Crippen molar-refractivity contribution in [1.82, 2.24) is 4.90 Å². The Morgan fingerprint density at radius 1 is 1.03 bits per heavy atom. The Labute approximate surface area is 175 Å². The molecule has 2 aromatic carbocycles. The topological polar surface area (TPSA) is 69.0 Å². The van der Waals surface area contributed by atoms with E-state index in [1.165, 1.54) is 0 Å². The lowest BCUT2D eigenvalue weighted by Crippen LogP contribution is -2.43. The molecule has 4 rings (SSSR count). The molecule has 0 unspecified atom stereocenters. The fourth-order valence-corrected chi connectivity index (χ4v) is 3.74. The molecule has 6 heteroatoms. The zero-order chi connectivity index (χ0) is 21.3. The van der Waals surface area contributed by atoms with Crippen LogP contribution in [0.25, 0.3) is 22.3 Å². The number of aryl methyl sites for hydroxylation is 3. The molecule has 0 radical (unpaired) electrons. The fourth-order valence-electron chi connectivity index (χ4n) is 3.74. The van der Waals surface area contributed by atoms with Crippen LogP contribution in [0.3, 0.4) is 0 Å². The Bertz CT molecular complexity index is 1140. The molecule has 0 N–H and O–H groups in total. The molecular formula is C24H25NO5. The van der Waals surface area contributed by atoms with Crippen molar-refractivity contribution in [3.63, 3.8) is 0 Å². The third kappa shape index (κ3) is 3.96. The molecule has 2 heterocycles. The van der Waals surface area contributed by atoms with E-state index in [0.29, 0.717) is 43.0 Å². The van der Waals surface area contributed by atoms with E-state index in [0.717, 1.165) is 22.3 Å². The number of amides is 1. The summed E-state index contributed by atoms with van der Waals surface area (Å²) in [6.07, 6.45) is 0. The first-order valence-electron chi connectivity index (χ1n) is 10.1. The fraction of sp³-hybridized carbons (Fsp3) is 0.333. The Hall–Kier alpha value is -3.12. The summed E-state index contributed by atoms with van der Waals surface area (Å²) in [5, 5.41) is 0.477. The quantitative estimate of drug-likeness (QED) is 0.661. The zero-order valence-corrected chi connectivity index (χ0v) is 17.5. The lowest BCUT2D eigenvalue weighted by atomic mass is 10.0. The predicted octanol–water partition coefficient (Wildman–Crippen LogP) is 3.62. The molecule has 1 aromatic heterocycles. The number of fused-ring (bicyclic) bond motifs is 1. The van der Waals surface area contributed by atoms with Crippen LogP contribution in [0.4, 0.5) is 0 Å². The van der Waals surface area contributed by atoms with E-state index in [1.807, 2.05) is 57.2 Å². The zero-order valence-electron chi connectivity index (χ0n) is 17.5. The second kappa shape index (κ2) is 8.32. The van der Waals surface area contributed by atoms with Crippen molar-refractivity contribution in [3.05, 3.63) is 63.3 Å². The minimum atomic E-state index is -0.265. The van der Waals surface area contributed by atoms with Gasteiger partial charge in [-0.1, -0.05) is 35.9 Å². The Morgan fingerprint density at radius 2 is 1.73 bits per heavy atom. The van der Waals surface area contributed by atoms with Crippen molar-refractivity contribution in [2.45, 2.75) is 20.8 Å². The third-order valence-corrected chi connectivity index (χ3v) is 5.31. The van der Waals surface area contributed by atoms with Gasteiger partial charge < -0.3 is 18.8 Å². The van der Waals surface area contributed by atoms with Crippen molar-refractivity contribution in [2.24, 2.45) is 0 Å². The predicted molar refractivity (Wildman–Crippen MR) is 115 cm³/mol. The average Bonchev–Trinajstić information content (AvgIpc) is 2.73. The van der Waals surface area contributed by atoms with Gasteiger partial charge in [0.2, 0.25) is 11.2 Å². The molecule has 1 aliphatic heterocycles. The highest BCUT2D eigenvalue weighted by atomic mass is 16.5. The minimum Gasteiger partial charge on any atom is -0.476 e.